The molecule has 2 aliphatic carbocycles. The van der Waals surface area contributed by atoms with E-state index in [1.54, 1.807) is 0 Å². The summed E-state index contributed by atoms with van der Waals surface area (Å²) in [4.78, 5) is 12.5. The van der Waals surface area contributed by atoms with E-state index in [0.29, 0.717) is 25.7 Å². The van der Waals surface area contributed by atoms with Crippen molar-refractivity contribution >= 4 is 5.78 Å². The monoisotopic (exact) mass is 358 g/mol. The van der Waals surface area contributed by atoms with Crippen molar-refractivity contribution in [3.05, 3.63) is 0 Å². The normalized spacial score (nSPS) is 24.6. The van der Waals surface area contributed by atoms with Crippen LogP contribution in [0.5, 0.6) is 0 Å². The molecular weight excluding hydrogens is 334 g/mol. The molecule has 140 valence electrons. The van der Waals surface area contributed by atoms with E-state index in [-0.39, 0.29) is 25.7 Å². The highest BCUT2D eigenvalue weighted by atomic mass is 19.4. The van der Waals surface area contributed by atoms with Gasteiger partial charge in [0, 0.05) is 0 Å². The summed E-state index contributed by atoms with van der Waals surface area (Å²) in [6.07, 6.45) is -5.33. The third-order valence-electron chi connectivity index (χ3n) is 5.56. The van der Waals surface area contributed by atoms with Gasteiger partial charge in [0.05, 0.1) is 0 Å². The fourth-order valence-corrected chi connectivity index (χ4v) is 4.45. The van der Waals surface area contributed by atoms with Crippen molar-refractivity contribution in [2.75, 3.05) is 0 Å². The summed E-state index contributed by atoms with van der Waals surface area (Å²) >= 11 is 0. The molecule has 1 nitrogen and oxygen atoms in total. The quantitative estimate of drug-likeness (QED) is 0.557. The predicted octanol–water partition coefficient (Wildman–Crippen LogP) is 6.07. The van der Waals surface area contributed by atoms with Gasteiger partial charge in [-0.2, -0.15) is 26.3 Å². The molecule has 0 spiro atoms. The van der Waals surface area contributed by atoms with Gasteiger partial charge in [0.1, 0.15) is 11.8 Å². The molecule has 0 N–H and O–H groups in total. The topological polar surface area (TPSA) is 17.1 Å². The first-order chi connectivity index (χ1) is 11.1. The summed E-state index contributed by atoms with van der Waals surface area (Å²) < 4.78 is 80.9. The molecule has 2 atom stereocenters. The molecule has 0 aliphatic heterocycles. The van der Waals surface area contributed by atoms with Crippen LogP contribution in [0.3, 0.4) is 0 Å². The van der Waals surface area contributed by atoms with Gasteiger partial charge in [0.15, 0.2) is 5.78 Å². The number of carbonyl (C=O) groups excluding carboxylic acids is 1. The Morgan fingerprint density at radius 2 is 0.917 bits per heavy atom. The first-order valence-electron chi connectivity index (χ1n) is 8.79. The van der Waals surface area contributed by atoms with Crippen molar-refractivity contribution in [3.8, 4) is 0 Å². The van der Waals surface area contributed by atoms with Crippen molar-refractivity contribution < 1.29 is 31.1 Å². The Kier molecular flexibility index (Phi) is 6.24. The minimum Gasteiger partial charge on any atom is -0.298 e. The molecule has 2 fully saturated rings. The fraction of sp³-hybridized carbons (Fsp3) is 0.941. The van der Waals surface area contributed by atoms with Crippen LogP contribution in [0.15, 0.2) is 0 Å². The lowest BCUT2D eigenvalue weighted by molar-refractivity contribution is -0.221. The summed E-state index contributed by atoms with van der Waals surface area (Å²) in [6, 6.07) is 0. The smallest absolute Gasteiger partial charge is 0.298 e. The van der Waals surface area contributed by atoms with Gasteiger partial charge in [-0.3, -0.25) is 4.79 Å². The number of alkyl halides is 6. The van der Waals surface area contributed by atoms with Crippen LogP contribution in [0.1, 0.15) is 64.2 Å². The second kappa shape index (κ2) is 7.65. The zero-order valence-corrected chi connectivity index (χ0v) is 13.6. The molecule has 2 rings (SSSR count). The van der Waals surface area contributed by atoms with E-state index >= 15 is 0 Å². The third kappa shape index (κ3) is 4.66. The zero-order chi connectivity index (χ0) is 18.0. The predicted molar refractivity (Wildman–Crippen MR) is 77.2 cm³/mol. The van der Waals surface area contributed by atoms with Crippen molar-refractivity contribution in [1.82, 2.24) is 0 Å². The van der Waals surface area contributed by atoms with E-state index in [0.717, 1.165) is 12.8 Å². The lowest BCUT2D eigenvalue weighted by Gasteiger charge is -2.37. The van der Waals surface area contributed by atoms with Gasteiger partial charge in [0.2, 0.25) is 0 Å². The van der Waals surface area contributed by atoms with Crippen LogP contribution < -0.4 is 0 Å². The van der Waals surface area contributed by atoms with Gasteiger partial charge in [0.25, 0.3) is 0 Å². The maximum Gasteiger partial charge on any atom is 0.398 e. The first kappa shape index (κ1) is 19.6. The first-order valence-corrected chi connectivity index (χ1v) is 8.79. The van der Waals surface area contributed by atoms with E-state index in [9.17, 15) is 31.1 Å². The largest absolute Gasteiger partial charge is 0.398 e. The second-order valence-electron chi connectivity index (χ2n) is 7.24. The number of halogens is 6. The van der Waals surface area contributed by atoms with Crippen molar-refractivity contribution in [1.29, 1.82) is 0 Å². The molecular formula is C17H24F6O. The highest BCUT2D eigenvalue weighted by Crippen LogP contribution is 2.47. The Morgan fingerprint density at radius 1 is 0.625 bits per heavy atom. The Morgan fingerprint density at radius 3 is 1.17 bits per heavy atom. The summed E-state index contributed by atoms with van der Waals surface area (Å²) in [5, 5.41) is 0. The minimum absolute atomic E-state index is 0.186. The van der Waals surface area contributed by atoms with Gasteiger partial charge < -0.3 is 0 Å². The molecule has 0 aromatic heterocycles. The molecule has 0 amide bonds. The summed E-state index contributed by atoms with van der Waals surface area (Å²) in [6.45, 7) is 0. The van der Waals surface area contributed by atoms with Crippen LogP contribution in [0.4, 0.5) is 26.3 Å². The van der Waals surface area contributed by atoms with Crippen LogP contribution in [0, 0.1) is 23.7 Å². The van der Waals surface area contributed by atoms with Crippen LogP contribution in [0.2, 0.25) is 0 Å². The second-order valence-corrected chi connectivity index (χ2v) is 7.24. The van der Waals surface area contributed by atoms with Crippen LogP contribution in [0.25, 0.3) is 0 Å². The Labute approximate surface area is 138 Å². The molecule has 0 heterocycles. The maximum absolute atomic E-state index is 13.5. The Balaban J connectivity index is 2.29. The minimum atomic E-state index is -4.91. The number of carbonyl (C=O) groups is 1. The maximum atomic E-state index is 13.5. The number of hydrogen-bond acceptors (Lipinski definition) is 1. The van der Waals surface area contributed by atoms with Gasteiger partial charge >= 0.3 is 12.4 Å². The molecule has 2 saturated carbocycles. The van der Waals surface area contributed by atoms with Gasteiger partial charge in [-0.25, -0.2) is 0 Å². The van der Waals surface area contributed by atoms with Crippen LogP contribution >= 0.6 is 0 Å². The summed E-state index contributed by atoms with van der Waals surface area (Å²) in [5.41, 5.74) is 0. The number of Topliss-reactive ketones (excluding diaryl/α,β-unsaturated/α-hetero) is 1. The summed E-state index contributed by atoms with van der Waals surface area (Å²) in [5.74, 6) is -8.56. The molecule has 0 aromatic rings. The molecule has 24 heavy (non-hydrogen) atoms. The molecule has 0 radical (unpaired) electrons. The fourth-order valence-electron chi connectivity index (χ4n) is 4.45. The van der Waals surface area contributed by atoms with Crippen molar-refractivity contribution in [2.24, 2.45) is 23.7 Å². The van der Waals surface area contributed by atoms with Crippen molar-refractivity contribution in [2.45, 2.75) is 76.6 Å². The number of rotatable bonds is 4. The van der Waals surface area contributed by atoms with E-state index < -0.39 is 41.8 Å². The summed E-state index contributed by atoms with van der Waals surface area (Å²) in [7, 11) is 0. The van der Waals surface area contributed by atoms with E-state index in [1.807, 2.05) is 0 Å². The Hall–Kier alpha value is -0.750. The van der Waals surface area contributed by atoms with E-state index in [2.05, 4.69) is 0 Å². The van der Waals surface area contributed by atoms with Gasteiger partial charge in [-0.05, 0) is 37.5 Å². The number of ketones is 1. The average Bonchev–Trinajstić information content (AvgIpc) is 2.46. The number of hydrogen-bond donors (Lipinski definition) is 0. The van der Waals surface area contributed by atoms with E-state index in [1.165, 1.54) is 0 Å². The lowest BCUT2D eigenvalue weighted by atomic mass is 9.70. The molecule has 0 saturated heterocycles. The average molecular weight is 358 g/mol. The highest BCUT2D eigenvalue weighted by molar-refractivity contribution is 5.85. The molecule has 2 unspecified atom stereocenters. The van der Waals surface area contributed by atoms with Crippen LogP contribution in [-0.2, 0) is 4.79 Å². The molecule has 2 aliphatic rings. The zero-order valence-electron chi connectivity index (χ0n) is 13.6. The van der Waals surface area contributed by atoms with Crippen LogP contribution in [-0.4, -0.2) is 18.1 Å². The van der Waals surface area contributed by atoms with Gasteiger partial charge in [-0.15, -0.1) is 0 Å². The lowest BCUT2D eigenvalue weighted by Crippen LogP contribution is -2.48. The third-order valence-corrected chi connectivity index (χ3v) is 5.56. The Bertz CT molecular complexity index is 378. The van der Waals surface area contributed by atoms with Crippen molar-refractivity contribution in [3.63, 3.8) is 0 Å². The molecule has 7 heteroatoms. The van der Waals surface area contributed by atoms with E-state index in [4.69, 9.17) is 0 Å². The van der Waals surface area contributed by atoms with Gasteiger partial charge in [-0.1, -0.05) is 38.5 Å². The molecule has 0 bridgehead atoms. The highest BCUT2D eigenvalue weighted by Gasteiger charge is 2.58. The SMILES string of the molecule is O=C(C(C1CCCCC1)C(F)(F)F)C(C1CCCCC1)C(F)(F)F. The molecule has 0 aromatic carbocycles. The standard InChI is InChI=1S/C17H24F6O/c18-16(19,20)13(11-7-3-1-4-8-11)15(24)14(17(21,22)23)12-9-5-2-6-10-12/h11-14H,1-10H2.